The molecule has 0 atom stereocenters. The highest BCUT2D eigenvalue weighted by Gasteiger charge is 2.24. The Morgan fingerprint density at radius 3 is 2.56 bits per heavy atom. The molecular formula is C20H24N4O. The summed E-state index contributed by atoms with van der Waals surface area (Å²) in [5, 5.41) is 3.04. The molecule has 5 heteroatoms. The average Bonchev–Trinajstić information content (AvgIpc) is 3.07. The summed E-state index contributed by atoms with van der Waals surface area (Å²) in [6, 6.07) is 12.4. The normalized spacial score (nSPS) is 16.8. The van der Waals surface area contributed by atoms with Crippen LogP contribution in [0.5, 0.6) is 0 Å². The summed E-state index contributed by atoms with van der Waals surface area (Å²) in [6.45, 7) is 6.62. The lowest BCUT2D eigenvalue weighted by Gasteiger charge is -2.34. The summed E-state index contributed by atoms with van der Waals surface area (Å²) in [7, 11) is 0. The lowest BCUT2D eigenvalue weighted by atomic mass is 9.92. The van der Waals surface area contributed by atoms with E-state index >= 15 is 0 Å². The predicted octanol–water partition coefficient (Wildman–Crippen LogP) is 3.28. The minimum absolute atomic E-state index is 0.0338. The second kappa shape index (κ2) is 6.48. The van der Waals surface area contributed by atoms with Gasteiger partial charge in [-0.05, 0) is 45.3 Å². The highest BCUT2D eigenvalue weighted by atomic mass is 16.1. The molecule has 0 spiro atoms. The summed E-state index contributed by atoms with van der Waals surface area (Å²) >= 11 is 0. The number of H-pyrrole nitrogens is 1. The number of hydrogen-bond donors (Lipinski definition) is 1. The van der Waals surface area contributed by atoms with Crippen molar-refractivity contribution in [1.29, 1.82) is 0 Å². The van der Waals surface area contributed by atoms with Crippen molar-refractivity contribution in [3.8, 4) is 11.1 Å². The number of aromatic amines is 1. The number of nitrogens with one attached hydrogen (secondary N) is 1. The van der Waals surface area contributed by atoms with Crippen molar-refractivity contribution in [3.63, 3.8) is 0 Å². The molecule has 0 unspecified atom stereocenters. The zero-order chi connectivity index (χ0) is 17.4. The minimum atomic E-state index is -0.0338. The Labute approximate surface area is 147 Å². The SMILES string of the molecule is CC(C)N1CCC(c2cc(=O)n3[nH]cc(-c4ccccc4)c3n2)CC1. The number of rotatable bonds is 3. The molecule has 2 aromatic heterocycles. The van der Waals surface area contributed by atoms with E-state index in [2.05, 4.69) is 23.8 Å². The molecule has 4 rings (SSSR count). The first kappa shape index (κ1) is 16.1. The standard InChI is InChI=1S/C20H24N4O/c1-14(2)23-10-8-16(9-11-23)18-12-19(25)24-20(22-18)17(13-21-24)15-6-4-3-5-7-15/h3-7,12-14,16,21H,8-11H2,1-2H3. The Morgan fingerprint density at radius 1 is 1.16 bits per heavy atom. The van der Waals surface area contributed by atoms with Crippen LogP contribution >= 0.6 is 0 Å². The Hall–Kier alpha value is -2.40. The van der Waals surface area contributed by atoms with E-state index in [9.17, 15) is 4.79 Å². The lowest BCUT2D eigenvalue weighted by molar-refractivity contribution is 0.171. The van der Waals surface area contributed by atoms with Gasteiger partial charge in [-0.25, -0.2) is 9.50 Å². The van der Waals surface area contributed by atoms with Gasteiger partial charge in [-0.2, -0.15) is 0 Å². The Morgan fingerprint density at radius 2 is 1.88 bits per heavy atom. The Bertz CT molecular complexity index is 918. The van der Waals surface area contributed by atoms with Crippen molar-refractivity contribution >= 4 is 5.65 Å². The molecule has 130 valence electrons. The monoisotopic (exact) mass is 336 g/mol. The van der Waals surface area contributed by atoms with Gasteiger partial charge in [-0.3, -0.25) is 9.89 Å². The number of fused-ring (bicyclic) bond motifs is 1. The lowest BCUT2D eigenvalue weighted by Crippen LogP contribution is -2.38. The van der Waals surface area contributed by atoms with E-state index in [1.54, 1.807) is 6.07 Å². The van der Waals surface area contributed by atoms with E-state index < -0.39 is 0 Å². The molecule has 0 bridgehead atoms. The van der Waals surface area contributed by atoms with Gasteiger partial charge in [0.2, 0.25) is 0 Å². The maximum Gasteiger partial charge on any atom is 0.272 e. The molecule has 1 N–H and O–H groups in total. The van der Waals surface area contributed by atoms with Crippen LogP contribution in [0.25, 0.3) is 16.8 Å². The third-order valence-electron chi connectivity index (χ3n) is 5.28. The van der Waals surface area contributed by atoms with Crippen molar-refractivity contribution in [2.45, 2.75) is 38.6 Å². The van der Waals surface area contributed by atoms with Gasteiger partial charge in [-0.15, -0.1) is 0 Å². The number of piperidine rings is 1. The van der Waals surface area contributed by atoms with Crippen LogP contribution in [0, 0.1) is 0 Å². The van der Waals surface area contributed by atoms with E-state index in [1.165, 1.54) is 4.52 Å². The van der Waals surface area contributed by atoms with Gasteiger partial charge < -0.3 is 4.90 Å². The summed E-state index contributed by atoms with van der Waals surface area (Å²) < 4.78 is 1.54. The molecule has 0 radical (unpaired) electrons. The molecule has 0 amide bonds. The largest absolute Gasteiger partial charge is 0.301 e. The summed E-state index contributed by atoms with van der Waals surface area (Å²) in [5.74, 6) is 0.367. The third-order valence-corrected chi connectivity index (χ3v) is 5.28. The maximum absolute atomic E-state index is 12.5. The second-order valence-electron chi connectivity index (χ2n) is 7.14. The van der Waals surface area contributed by atoms with E-state index in [4.69, 9.17) is 4.98 Å². The van der Waals surface area contributed by atoms with Gasteiger partial charge in [0.25, 0.3) is 5.56 Å². The van der Waals surface area contributed by atoms with Crippen molar-refractivity contribution in [2.75, 3.05) is 13.1 Å². The maximum atomic E-state index is 12.5. The number of benzene rings is 1. The predicted molar refractivity (Wildman–Crippen MR) is 99.9 cm³/mol. The molecular weight excluding hydrogens is 312 g/mol. The molecule has 1 aliphatic rings. The molecule has 25 heavy (non-hydrogen) atoms. The summed E-state index contributed by atoms with van der Waals surface area (Å²) in [4.78, 5) is 19.9. The molecule has 1 fully saturated rings. The molecule has 1 aliphatic heterocycles. The first-order valence-electron chi connectivity index (χ1n) is 9.04. The number of likely N-dealkylation sites (tertiary alicyclic amines) is 1. The first-order chi connectivity index (χ1) is 12.1. The average molecular weight is 336 g/mol. The highest BCUT2D eigenvalue weighted by molar-refractivity contribution is 5.76. The second-order valence-corrected chi connectivity index (χ2v) is 7.14. The van der Waals surface area contributed by atoms with Gasteiger partial charge in [-0.1, -0.05) is 30.3 Å². The fourth-order valence-electron chi connectivity index (χ4n) is 3.75. The van der Waals surface area contributed by atoms with Crippen LogP contribution in [0.2, 0.25) is 0 Å². The van der Waals surface area contributed by atoms with Crippen molar-refractivity contribution in [1.82, 2.24) is 19.5 Å². The summed E-state index contributed by atoms with van der Waals surface area (Å²) in [5.41, 5.74) is 3.66. The van der Waals surface area contributed by atoms with Gasteiger partial charge in [0, 0.05) is 29.8 Å². The van der Waals surface area contributed by atoms with Gasteiger partial charge in [0.05, 0.1) is 5.69 Å². The van der Waals surface area contributed by atoms with Crippen LogP contribution in [0.1, 0.15) is 38.3 Å². The van der Waals surface area contributed by atoms with Crippen molar-refractivity contribution in [3.05, 3.63) is 58.6 Å². The third kappa shape index (κ3) is 3.00. The van der Waals surface area contributed by atoms with Crippen molar-refractivity contribution < 1.29 is 0 Å². The molecule has 0 aliphatic carbocycles. The Balaban J connectivity index is 1.71. The summed E-state index contributed by atoms with van der Waals surface area (Å²) in [6.07, 6.45) is 3.99. The van der Waals surface area contributed by atoms with Crippen LogP contribution in [0.15, 0.2) is 47.4 Å². The van der Waals surface area contributed by atoms with E-state index in [0.29, 0.717) is 12.0 Å². The smallest absolute Gasteiger partial charge is 0.272 e. The minimum Gasteiger partial charge on any atom is -0.301 e. The topological polar surface area (TPSA) is 53.4 Å². The van der Waals surface area contributed by atoms with Crippen molar-refractivity contribution in [2.24, 2.45) is 0 Å². The Kier molecular flexibility index (Phi) is 4.17. The number of hydrogen-bond acceptors (Lipinski definition) is 3. The van der Waals surface area contributed by atoms with Crippen LogP contribution in [-0.4, -0.2) is 38.6 Å². The first-order valence-corrected chi connectivity index (χ1v) is 9.04. The van der Waals surface area contributed by atoms with E-state index in [1.807, 2.05) is 36.5 Å². The molecule has 5 nitrogen and oxygen atoms in total. The molecule has 3 aromatic rings. The molecule has 1 saturated heterocycles. The van der Waals surface area contributed by atoms with Crippen LogP contribution in [0.4, 0.5) is 0 Å². The quantitative estimate of drug-likeness (QED) is 0.798. The zero-order valence-electron chi connectivity index (χ0n) is 14.8. The molecule has 0 saturated carbocycles. The number of aromatic nitrogens is 3. The fraction of sp³-hybridized carbons (Fsp3) is 0.400. The molecule has 1 aromatic carbocycles. The van der Waals surface area contributed by atoms with Crippen LogP contribution in [-0.2, 0) is 0 Å². The highest BCUT2D eigenvalue weighted by Crippen LogP contribution is 2.29. The van der Waals surface area contributed by atoms with E-state index in [0.717, 1.165) is 48.4 Å². The van der Waals surface area contributed by atoms with Crippen LogP contribution in [0.3, 0.4) is 0 Å². The number of nitrogens with zero attached hydrogens (tertiary/aromatic N) is 3. The molecule has 3 heterocycles. The zero-order valence-corrected chi connectivity index (χ0v) is 14.8. The van der Waals surface area contributed by atoms with Gasteiger partial charge >= 0.3 is 0 Å². The fourth-order valence-corrected chi connectivity index (χ4v) is 3.75. The van der Waals surface area contributed by atoms with Crippen LogP contribution < -0.4 is 5.56 Å². The van der Waals surface area contributed by atoms with Gasteiger partial charge in [0.1, 0.15) is 0 Å². The van der Waals surface area contributed by atoms with Gasteiger partial charge in [0.15, 0.2) is 5.65 Å². The van der Waals surface area contributed by atoms with E-state index in [-0.39, 0.29) is 5.56 Å².